The minimum absolute atomic E-state index is 0.0257. The minimum atomic E-state index is -0.0660. The fourth-order valence-corrected chi connectivity index (χ4v) is 3.25. The summed E-state index contributed by atoms with van der Waals surface area (Å²) in [7, 11) is 1.56. The molecule has 0 saturated carbocycles. The highest BCUT2D eigenvalue weighted by Crippen LogP contribution is 2.21. The largest absolute Gasteiger partial charge is 0.496 e. The third-order valence-corrected chi connectivity index (χ3v) is 4.79. The Morgan fingerprint density at radius 3 is 2.56 bits per heavy atom. The maximum Gasteiger partial charge on any atom is 0.224 e. The van der Waals surface area contributed by atoms with Crippen molar-refractivity contribution in [2.45, 2.75) is 24.7 Å². The van der Waals surface area contributed by atoms with E-state index in [1.165, 1.54) is 11.8 Å². The Labute approximate surface area is 153 Å². The zero-order valence-electron chi connectivity index (χ0n) is 14.6. The summed E-state index contributed by atoms with van der Waals surface area (Å²) in [6.07, 6.45) is 1.10. The summed E-state index contributed by atoms with van der Waals surface area (Å²) in [5.41, 5.74) is 1.31. The van der Waals surface area contributed by atoms with Gasteiger partial charge in [0.15, 0.2) is 5.78 Å². The van der Waals surface area contributed by atoms with Gasteiger partial charge >= 0.3 is 0 Å². The summed E-state index contributed by atoms with van der Waals surface area (Å²) in [5, 5.41) is 2.92. The van der Waals surface area contributed by atoms with Crippen LogP contribution in [0.4, 0.5) is 0 Å². The van der Waals surface area contributed by atoms with Crippen LogP contribution in [-0.2, 0) is 11.2 Å². The zero-order chi connectivity index (χ0) is 18.1. The van der Waals surface area contributed by atoms with Crippen LogP contribution in [0.1, 0.15) is 29.3 Å². The van der Waals surface area contributed by atoms with Gasteiger partial charge in [0.05, 0.1) is 13.5 Å². The number of ketones is 1. The van der Waals surface area contributed by atoms with Crippen molar-refractivity contribution in [2.75, 3.05) is 19.4 Å². The van der Waals surface area contributed by atoms with Gasteiger partial charge in [0.25, 0.3) is 0 Å². The van der Waals surface area contributed by atoms with E-state index in [1.54, 1.807) is 37.1 Å². The molecule has 0 fully saturated rings. The maximum atomic E-state index is 12.1. The highest BCUT2D eigenvalue weighted by Gasteiger charge is 2.11. The summed E-state index contributed by atoms with van der Waals surface area (Å²) >= 11 is 1.78. The first-order chi connectivity index (χ1) is 12.1. The van der Waals surface area contributed by atoms with Crippen molar-refractivity contribution < 1.29 is 14.3 Å². The fourth-order valence-electron chi connectivity index (χ4n) is 2.38. The molecule has 0 aliphatic carbocycles. The van der Waals surface area contributed by atoms with Gasteiger partial charge in [-0.15, -0.1) is 11.8 Å². The maximum absolute atomic E-state index is 12.1. The highest BCUT2D eigenvalue weighted by molar-refractivity contribution is 7.99. The van der Waals surface area contributed by atoms with Crippen molar-refractivity contribution in [3.05, 3.63) is 59.7 Å². The van der Waals surface area contributed by atoms with E-state index in [1.807, 2.05) is 18.2 Å². The third-order valence-electron chi connectivity index (χ3n) is 3.69. The summed E-state index contributed by atoms with van der Waals surface area (Å²) in [4.78, 5) is 24.9. The average Bonchev–Trinajstić information content (AvgIpc) is 2.62. The van der Waals surface area contributed by atoms with Gasteiger partial charge in [0.1, 0.15) is 5.75 Å². The molecule has 2 aromatic carbocycles. The molecule has 0 spiro atoms. The van der Waals surface area contributed by atoms with E-state index >= 15 is 0 Å². The molecule has 0 radical (unpaired) electrons. The number of methoxy groups -OCH3 is 1. The van der Waals surface area contributed by atoms with Crippen molar-refractivity contribution in [3.63, 3.8) is 0 Å². The molecule has 25 heavy (non-hydrogen) atoms. The molecule has 0 saturated heterocycles. The number of carbonyl (C=O) groups excluding carboxylic acids is 2. The first-order valence-electron chi connectivity index (χ1n) is 8.22. The van der Waals surface area contributed by atoms with Crippen molar-refractivity contribution >= 4 is 23.5 Å². The topological polar surface area (TPSA) is 55.4 Å². The number of hydrogen-bond acceptors (Lipinski definition) is 4. The van der Waals surface area contributed by atoms with E-state index in [0.717, 1.165) is 17.7 Å². The lowest BCUT2D eigenvalue weighted by molar-refractivity contribution is -0.120. The summed E-state index contributed by atoms with van der Waals surface area (Å²) in [6.45, 7) is 2.14. The molecule has 0 bridgehead atoms. The number of ether oxygens (including phenoxy) is 1. The van der Waals surface area contributed by atoms with E-state index in [2.05, 4.69) is 17.4 Å². The molecule has 1 amide bonds. The monoisotopic (exact) mass is 357 g/mol. The second-order valence-electron chi connectivity index (χ2n) is 5.62. The number of carbonyl (C=O) groups is 2. The van der Waals surface area contributed by atoms with Crippen LogP contribution in [0.2, 0.25) is 0 Å². The lowest BCUT2D eigenvalue weighted by Gasteiger charge is -2.10. The van der Waals surface area contributed by atoms with Crippen molar-refractivity contribution in [1.82, 2.24) is 5.32 Å². The summed E-state index contributed by atoms with van der Waals surface area (Å²) in [6, 6.07) is 15.4. The Balaban J connectivity index is 1.78. The Hall–Kier alpha value is -2.27. The average molecular weight is 357 g/mol. The predicted octanol–water partition coefficient (Wildman–Crippen LogP) is 3.74. The molecule has 0 aromatic heterocycles. The quantitative estimate of drug-likeness (QED) is 0.422. The number of rotatable bonds is 9. The molecule has 0 atom stereocenters. The minimum Gasteiger partial charge on any atom is -0.496 e. The second kappa shape index (κ2) is 9.89. The molecule has 5 heteroatoms. The first-order valence-corrected chi connectivity index (χ1v) is 9.21. The van der Waals surface area contributed by atoms with Gasteiger partial charge in [-0.25, -0.2) is 0 Å². The Kier molecular flexibility index (Phi) is 7.54. The van der Waals surface area contributed by atoms with E-state index < -0.39 is 0 Å². The van der Waals surface area contributed by atoms with Gasteiger partial charge in [0.2, 0.25) is 5.91 Å². The number of hydrogen-bond donors (Lipinski definition) is 1. The van der Waals surface area contributed by atoms with Crippen LogP contribution in [0, 0.1) is 0 Å². The van der Waals surface area contributed by atoms with Gasteiger partial charge in [-0.3, -0.25) is 9.59 Å². The molecule has 0 unspecified atom stereocenters. The molecule has 0 aliphatic rings. The molecule has 1 N–H and O–H groups in total. The van der Waals surface area contributed by atoms with E-state index in [0.29, 0.717) is 17.9 Å². The Morgan fingerprint density at radius 1 is 1.12 bits per heavy atom. The Morgan fingerprint density at radius 2 is 1.88 bits per heavy atom. The van der Waals surface area contributed by atoms with Gasteiger partial charge in [-0.1, -0.05) is 18.2 Å². The lowest BCUT2D eigenvalue weighted by Crippen LogP contribution is -2.26. The molecular weight excluding hydrogens is 334 g/mol. The fraction of sp³-hybridized carbons (Fsp3) is 0.300. The van der Waals surface area contributed by atoms with Gasteiger partial charge in [-0.2, -0.15) is 0 Å². The highest BCUT2D eigenvalue weighted by atomic mass is 32.2. The second-order valence-corrected chi connectivity index (χ2v) is 6.79. The van der Waals surface area contributed by atoms with Crippen LogP contribution in [0.25, 0.3) is 0 Å². The number of amides is 1. The summed E-state index contributed by atoms with van der Waals surface area (Å²) < 4.78 is 5.28. The number of nitrogens with one attached hydrogen (secondary N) is 1. The number of Topliss-reactive ketones (excluding diaryl/α,β-unsaturated/α-hetero) is 1. The van der Waals surface area contributed by atoms with Crippen molar-refractivity contribution in [3.8, 4) is 5.75 Å². The smallest absolute Gasteiger partial charge is 0.224 e. The third kappa shape index (κ3) is 6.27. The molecule has 2 rings (SSSR count). The molecule has 2 aromatic rings. The molecule has 4 nitrogen and oxygen atoms in total. The number of benzene rings is 2. The van der Waals surface area contributed by atoms with Crippen molar-refractivity contribution in [2.24, 2.45) is 0 Å². The molecule has 0 heterocycles. The lowest BCUT2D eigenvalue weighted by atomic mass is 10.0. The summed E-state index contributed by atoms with van der Waals surface area (Å²) in [5.74, 6) is 1.48. The van der Waals surface area contributed by atoms with Crippen LogP contribution in [0.15, 0.2) is 53.4 Å². The van der Waals surface area contributed by atoms with E-state index in [-0.39, 0.29) is 18.1 Å². The molecular formula is C20H23NO3S. The first kappa shape index (κ1) is 19.1. The van der Waals surface area contributed by atoms with Gasteiger partial charge < -0.3 is 10.1 Å². The number of thioether (sulfide) groups is 1. The van der Waals surface area contributed by atoms with E-state index in [9.17, 15) is 9.59 Å². The predicted molar refractivity (Wildman–Crippen MR) is 101 cm³/mol. The normalized spacial score (nSPS) is 10.3. The van der Waals surface area contributed by atoms with Crippen LogP contribution < -0.4 is 10.1 Å². The molecule has 0 aliphatic heterocycles. The zero-order valence-corrected chi connectivity index (χ0v) is 15.4. The van der Waals surface area contributed by atoms with Crippen molar-refractivity contribution in [1.29, 1.82) is 0 Å². The van der Waals surface area contributed by atoms with Crippen LogP contribution in [0.3, 0.4) is 0 Å². The standard InChI is InChI=1S/C20H23NO3S/c1-15(22)16-9-10-19(24-2)17(13-16)14-20(23)21-11-6-12-25-18-7-4-3-5-8-18/h3-5,7-10,13H,6,11-12,14H2,1-2H3,(H,21,23). The van der Waals surface area contributed by atoms with Gasteiger partial charge in [-0.05, 0) is 49.4 Å². The van der Waals surface area contributed by atoms with Crippen LogP contribution in [0.5, 0.6) is 5.75 Å². The van der Waals surface area contributed by atoms with Gasteiger partial charge in [0, 0.05) is 22.6 Å². The Bertz CT molecular complexity index is 716. The van der Waals surface area contributed by atoms with Crippen LogP contribution in [-0.4, -0.2) is 31.1 Å². The van der Waals surface area contributed by atoms with E-state index in [4.69, 9.17) is 4.74 Å². The van der Waals surface area contributed by atoms with Crippen LogP contribution >= 0.6 is 11.8 Å². The molecule has 132 valence electrons. The SMILES string of the molecule is COc1ccc(C(C)=O)cc1CC(=O)NCCCSc1ccccc1.